The van der Waals surface area contributed by atoms with E-state index in [2.05, 4.69) is 0 Å². The number of nitrogens with zero attached hydrogens (tertiary/aromatic N) is 1. The maximum atomic E-state index is 10.8. The lowest BCUT2D eigenvalue weighted by Gasteiger charge is -2.14. The first-order chi connectivity index (χ1) is 7.45. The number of rotatable bonds is 4. The molecule has 0 aliphatic carbocycles. The molecule has 0 saturated heterocycles. The second-order valence-electron chi connectivity index (χ2n) is 3.72. The summed E-state index contributed by atoms with van der Waals surface area (Å²) in [5.41, 5.74) is 0.695. The van der Waals surface area contributed by atoms with Crippen molar-refractivity contribution in [3.8, 4) is 5.75 Å². The van der Waals surface area contributed by atoms with Crippen LogP contribution in [0, 0.1) is 17.0 Å². The fourth-order valence-corrected chi connectivity index (χ4v) is 1.37. The van der Waals surface area contributed by atoms with Gasteiger partial charge in [-0.25, -0.2) is 0 Å². The predicted octanol–water partition coefficient (Wildman–Crippen LogP) is 2.50. The Morgan fingerprint density at radius 2 is 2.06 bits per heavy atom. The minimum absolute atomic E-state index is 0.0844. The standard InChI is InChI=1S/C11H13NO4/c1-7(2)16-11-8(3)4-10(12(14)15)5-9(11)6-13/h4-7H,1-3H3. The van der Waals surface area contributed by atoms with Gasteiger partial charge in [0.2, 0.25) is 0 Å². The highest BCUT2D eigenvalue weighted by molar-refractivity contribution is 5.81. The predicted molar refractivity (Wildman–Crippen MR) is 59.0 cm³/mol. The van der Waals surface area contributed by atoms with Crippen LogP contribution in [0.2, 0.25) is 0 Å². The van der Waals surface area contributed by atoms with E-state index in [4.69, 9.17) is 4.74 Å². The number of hydrogen-bond donors (Lipinski definition) is 0. The van der Waals surface area contributed by atoms with Crippen molar-refractivity contribution in [1.29, 1.82) is 0 Å². The Labute approximate surface area is 93.2 Å². The van der Waals surface area contributed by atoms with Crippen molar-refractivity contribution < 1.29 is 14.5 Å². The highest BCUT2D eigenvalue weighted by Gasteiger charge is 2.15. The molecule has 0 amide bonds. The number of aldehydes is 1. The number of carbonyl (C=O) groups is 1. The quantitative estimate of drug-likeness (QED) is 0.446. The van der Waals surface area contributed by atoms with Gasteiger partial charge in [-0.05, 0) is 26.3 Å². The summed E-state index contributed by atoms with van der Waals surface area (Å²) >= 11 is 0. The summed E-state index contributed by atoms with van der Waals surface area (Å²) in [6, 6.07) is 2.61. The number of nitro groups is 1. The Balaban J connectivity index is 3.28. The van der Waals surface area contributed by atoms with Crippen LogP contribution in [0.25, 0.3) is 0 Å². The van der Waals surface area contributed by atoms with Gasteiger partial charge >= 0.3 is 0 Å². The van der Waals surface area contributed by atoms with Crippen LogP contribution in [0.4, 0.5) is 5.69 Å². The highest BCUT2D eigenvalue weighted by atomic mass is 16.6. The number of aryl methyl sites for hydroxylation is 1. The summed E-state index contributed by atoms with van der Waals surface area (Å²) in [4.78, 5) is 20.9. The Kier molecular flexibility index (Phi) is 3.60. The summed E-state index contributed by atoms with van der Waals surface area (Å²) in [7, 11) is 0. The SMILES string of the molecule is Cc1cc([N+](=O)[O-])cc(C=O)c1OC(C)C. The van der Waals surface area contributed by atoms with Gasteiger partial charge in [0, 0.05) is 12.1 Å². The highest BCUT2D eigenvalue weighted by Crippen LogP contribution is 2.28. The van der Waals surface area contributed by atoms with Crippen molar-refractivity contribution in [2.75, 3.05) is 0 Å². The molecule has 0 aliphatic rings. The number of carbonyl (C=O) groups excluding carboxylic acids is 1. The number of hydrogen-bond acceptors (Lipinski definition) is 4. The molecule has 5 nitrogen and oxygen atoms in total. The van der Waals surface area contributed by atoms with Crippen molar-refractivity contribution in [3.05, 3.63) is 33.4 Å². The fourth-order valence-electron chi connectivity index (χ4n) is 1.37. The van der Waals surface area contributed by atoms with Crippen LogP contribution in [-0.2, 0) is 0 Å². The number of benzene rings is 1. The summed E-state index contributed by atoms with van der Waals surface area (Å²) in [5.74, 6) is 0.413. The van der Waals surface area contributed by atoms with Gasteiger partial charge in [0.1, 0.15) is 5.75 Å². The smallest absolute Gasteiger partial charge is 0.270 e. The maximum absolute atomic E-state index is 10.8. The first-order valence-electron chi connectivity index (χ1n) is 4.86. The molecule has 0 aliphatic heterocycles. The van der Waals surface area contributed by atoms with Gasteiger partial charge in [-0.2, -0.15) is 0 Å². The molecule has 0 heterocycles. The lowest BCUT2D eigenvalue weighted by molar-refractivity contribution is -0.384. The monoisotopic (exact) mass is 223 g/mol. The first-order valence-corrected chi connectivity index (χ1v) is 4.86. The molecular weight excluding hydrogens is 210 g/mol. The molecule has 0 fully saturated rings. The zero-order valence-corrected chi connectivity index (χ0v) is 9.39. The van der Waals surface area contributed by atoms with Crippen LogP contribution in [0.15, 0.2) is 12.1 Å². The number of ether oxygens (including phenoxy) is 1. The van der Waals surface area contributed by atoms with E-state index < -0.39 is 4.92 Å². The summed E-state index contributed by atoms with van der Waals surface area (Å²) in [5, 5.41) is 10.6. The zero-order chi connectivity index (χ0) is 12.3. The normalized spacial score (nSPS) is 10.2. The molecule has 0 radical (unpaired) electrons. The lowest BCUT2D eigenvalue weighted by atomic mass is 10.1. The topological polar surface area (TPSA) is 69.4 Å². The Morgan fingerprint density at radius 3 is 2.50 bits per heavy atom. The second kappa shape index (κ2) is 4.74. The summed E-state index contributed by atoms with van der Waals surface area (Å²) < 4.78 is 5.45. The van der Waals surface area contributed by atoms with E-state index in [9.17, 15) is 14.9 Å². The number of nitro benzene ring substituents is 1. The van der Waals surface area contributed by atoms with Gasteiger partial charge in [0.25, 0.3) is 5.69 Å². The van der Waals surface area contributed by atoms with E-state index in [0.29, 0.717) is 17.6 Å². The second-order valence-corrected chi connectivity index (χ2v) is 3.72. The molecule has 0 atom stereocenters. The molecule has 16 heavy (non-hydrogen) atoms. The largest absolute Gasteiger partial charge is 0.490 e. The molecule has 0 spiro atoms. The molecule has 0 saturated carbocycles. The molecular formula is C11H13NO4. The maximum Gasteiger partial charge on any atom is 0.270 e. The van der Waals surface area contributed by atoms with Crippen LogP contribution in [-0.4, -0.2) is 17.3 Å². The van der Waals surface area contributed by atoms with Crippen LogP contribution in [0.1, 0.15) is 29.8 Å². The third-order valence-corrected chi connectivity index (χ3v) is 1.98. The minimum Gasteiger partial charge on any atom is -0.490 e. The van der Waals surface area contributed by atoms with Crippen LogP contribution >= 0.6 is 0 Å². The Morgan fingerprint density at radius 1 is 1.44 bits per heavy atom. The first kappa shape index (κ1) is 12.2. The van der Waals surface area contributed by atoms with Crippen molar-refractivity contribution in [2.24, 2.45) is 0 Å². The van der Waals surface area contributed by atoms with E-state index >= 15 is 0 Å². The zero-order valence-electron chi connectivity index (χ0n) is 9.39. The van der Waals surface area contributed by atoms with Crippen molar-refractivity contribution in [1.82, 2.24) is 0 Å². The lowest BCUT2D eigenvalue weighted by Crippen LogP contribution is -2.09. The van der Waals surface area contributed by atoms with E-state index in [-0.39, 0.29) is 17.4 Å². The van der Waals surface area contributed by atoms with Gasteiger partial charge in [0.15, 0.2) is 6.29 Å². The Bertz CT molecular complexity index is 426. The van der Waals surface area contributed by atoms with E-state index in [1.54, 1.807) is 6.92 Å². The van der Waals surface area contributed by atoms with Gasteiger partial charge in [-0.15, -0.1) is 0 Å². The molecule has 1 aromatic rings. The molecule has 1 rings (SSSR count). The van der Waals surface area contributed by atoms with Gasteiger partial charge in [-0.1, -0.05) is 0 Å². The molecule has 0 bridgehead atoms. The third kappa shape index (κ3) is 2.56. The number of non-ortho nitro benzene ring substituents is 1. The molecule has 0 aromatic heterocycles. The fraction of sp³-hybridized carbons (Fsp3) is 0.364. The summed E-state index contributed by atoms with van der Waals surface area (Å²) in [6.07, 6.45) is 0.483. The van der Waals surface area contributed by atoms with Crippen molar-refractivity contribution in [2.45, 2.75) is 26.9 Å². The molecule has 0 N–H and O–H groups in total. The van der Waals surface area contributed by atoms with Crippen LogP contribution in [0.5, 0.6) is 5.75 Å². The van der Waals surface area contributed by atoms with E-state index in [1.807, 2.05) is 13.8 Å². The molecule has 5 heteroatoms. The molecule has 0 unspecified atom stereocenters. The average molecular weight is 223 g/mol. The Hall–Kier alpha value is -1.91. The van der Waals surface area contributed by atoms with Gasteiger partial charge < -0.3 is 4.74 Å². The minimum atomic E-state index is -0.529. The van der Waals surface area contributed by atoms with Crippen LogP contribution < -0.4 is 4.74 Å². The van der Waals surface area contributed by atoms with Crippen LogP contribution in [0.3, 0.4) is 0 Å². The average Bonchev–Trinajstić information content (AvgIpc) is 2.19. The van der Waals surface area contributed by atoms with E-state index in [1.165, 1.54) is 12.1 Å². The summed E-state index contributed by atoms with van der Waals surface area (Å²) in [6.45, 7) is 5.34. The molecule has 1 aromatic carbocycles. The van der Waals surface area contributed by atoms with Crippen molar-refractivity contribution in [3.63, 3.8) is 0 Å². The third-order valence-electron chi connectivity index (χ3n) is 1.98. The van der Waals surface area contributed by atoms with Gasteiger partial charge in [0.05, 0.1) is 16.6 Å². The molecule has 86 valence electrons. The van der Waals surface area contributed by atoms with Gasteiger partial charge in [-0.3, -0.25) is 14.9 Å². The van der Waals surface area contributed by atoms with Crippen molar-refractivity contribution >= 4 is 12.0 Å². The van der Waals surface area contributed by atoms with E-state index in [0.717, 1.165) is 0 Å².